The van der Waals surface area contributed by atoms with Crippen LogP contribution in [0.1, 0.15) is 0 Å². The van der Waals surface area contributed by atoms with E-state index in [0.29, 0.717) is 118 Å². The van der Waals surface area contributed by atoms with Crippen LogP contribution >= 0.6 is 11.6 Å². The number of hydrogen-bond acceptors (Lipinski definition) is 9. The van der Waals surface area contributed by atoms with Gasteiger partial charge >= 0.3 is 0 Å². The highest BCUT2D eigenvalue weighted by Gasteiger charge is 1.94. The Kier molecular flexibility index (Phi) is 26.9. The van der Waals surface area contributed by atoms with E-state index in [1.807, 2.05) is 0 Å². The predicted molar refractivity (Wildman–Crippen MR) is 106 cm³/mol. The fourth-order valence-corrected chi connectivity index (χ4v) is 1.89. The molecular weight excluding hydrogens is 394 g/mol. The lowest BCUT2D eigenvalue weighted by atomic mass is 10.6. The normalized spacial score (nSPS) is 11.4. The summed E-state index contributed by atoms with van der Waals surface area (Å²) in [7, 11) is 0. The van der Waals surface area contributed by atoms with Gasteiger partial charge in [0, 0.05) is 12.4 Å². The largest absolute Gasteiger partial charge is 0.378 e. The second kappa shape index (κ2) is 26.9. The Labute approximate surface area is 173 Å². The lowest BCUT2D eigenvalue weighted by molar-refractivity contribution is -0.0226. The van der Waals surface area contributed by atoms with Crippen molar-refractivity contribution in [2.24, 2.45) is 5.73 Å². The first-order chi connectivity index (χ1) is 13.9. The van der Waals surface area contributed by atoms with Crippen LogP contribution < -0.4 is 5.73 Å². The van der Waals surface area contributed by atoms with Crippen LogP contribution in [0.25, 0.3) is 0 Å². The van der Waals surface area contributed by atoms with Crippen LogP contribution in [-0.2, 0) is 37.9 Å². The van der Waals surface area contributed by atoms with E-state index in [1.165, 1.54) is 0 Å². The third kappa shape index (κ3) is 25.9. The summed E-state index contributed by atoms with van der Waals surface area (Å²) in [5.41, 5.74) is 5.30. The van der Waals surface area contributed by atoms with Crippen molar-refractivity contribution in [3.63, 3.8) is 0 Å². The topological polar surface area (TPSA) is 99.9 Å². The summed E-state index contributed by atoms with van der Waals surface area (Å²) >= 11 is 5.48. The molecular formula is C18H38ClNO8. The Morgan fingerprint density at radius 2 is 0.571 bits per heavy atom. The van der Waals surface area contributed by atoms with Gasteiger partial charge in [-0.25, -0.2) is 0 Å². The Balaban J connectivity index is 2.96. The molecule has 28 heavy (non-hydrogen) atoms. The number of ether oxygens (including phenoxy) is 8. The molecule has 0 aromatic carbocycles. The van der Waals surface area contributed by atoms with Gasteiger partial charge < -0.3 is 43.6 Å². The zero-order chi connectivity index (χ0) is 20.4. The van der Waals surface area contributed by atoms with Gasteiger partial charge in [-0.05, 0) is 0 Å². The molecule has 0 atom stereocenters. The van der Waals surface area contributed by atoms with Gasteiger partial charge in [0.2, 0.25) is 0 Å². The molecule has 0 saturated carbocycles. The molecule has 0 aromatic heterocycles. The molecule has 0 aliphatic heterocycles. The van der Waals surface area contributed by atoms with E-state index in [1.54, 1.807) is 0 Å². The highest BCUT2D eigenvalue weighted by atomic mass is 35.5. The second-order valence-corrected chi connectivity index (χ2v) is 5.75. The lowest BCUT2D eigenvalue weighted by Crippen LogP contribution is -2.15. The van der Waals surface area contributed by atoms with Crippen LogP contribution in [0.3, 0.4) is 0 Å². The molecule has 170 valence electrons. The first-order valence-corrected chi connectivity index (χ1v) is 10.3. The Bertz CT molecular complexity index is 254. The molecule has 9 nitrogen and oxygen atoms in total. The Morgan fingerprint density at radius 1 is 0.357 bits per heavy atom. The molecule has 2 N–H and O–H groups in total. The zero-order valence-electron chi connectivity index (χ0n) is 16.9. The molecule has 0 fully saturated rings. The first kappa shape index (κ1) is 27.9. The van der Waals surface area contributed by atoms with Gasteiger partial charge in [-0.2, -0.15) is 0 Å². The van der Waals surface area contributed by atoms with Crippen LogP contribution in [0.2, 0.25) is 0 Å². The van der Waals surface area contributed by atoms with Gasteiger partial charge in [0.1, 0.15) is 0 Å². The van der Waals surface area contributed by atoms with Crippen LogP contribution in [0.15, 0.2) is 0 Å². The maximum Gasteiger partial charge on any atom is 0.0701 e. The van der Waals surface area contributed by atoms with E-state index in [9.17, 15) is 0 Å². The van der Waals surface area contributed by atoms with Gasteiger partial charge in [0.15, 0.2) is 0 Å². The molecule has 0 saturated heterocycles. The van der Waals surface area contributed by atoms with Crippen LogP contribution in [0, 0.1) is 0 Å². The first-order valence-electron chi connectivity index (χ1n) is 9.79. The smallest absolute Gasteiger partial charge is 0.0701 e. The molecule has 0 aromatic rings. The predicted octanol–water partition coefficient (Wildman–Crippen LogP) is 0.317. The molecule has 0 rings (SSSR count). The van der Waals surface area contributed by atoms with Gasteiger partial charge in [-0.15, -0.1) is 11.6 Å². The van der Waals surface area contributed by atoms with Crippen molar-refractivity contribution in [2.75, 3.05) is 118 Å². The summed E-state index contributed by atoms with van der Waals surface area (Å²) in [5.74, 6) is 0.504. The monoisotopic (exact) mass is 431 g/mol. The van der Waals surface area contributed by atoms with E-state index < -0.39 is 0 Å². The summed E-state index contributed by atoms with van der Waals surface area (Å²) in [6.45, 7) is 9.23. The van der Waals surface area contributed by atoms with Crippen molar-refractivity contribution in [3.05, 3.63) is 0 Å². The van der Waals surface area contributed by atoms with Crippen LogP contribution in [-0.4, -0.2) is 118 Å². The number of hydrogen-bond donors (Lipinski definition) is 1. The summed E-state index contributed by atoms with van der Waals surface area (Å²) in [6, 6.07) is 0. The van der Waals surface area contributed by atoms with E-state index in [2.05, 4.69) is 0 Å². The van der Waals surface area contributed by atoms with Crippen molar-refractivity contribution < 1.29 is 37.9 Å². The number of halogens is 1. The fourth-order valence-electron chi connectivity index (χ4n) is 1.78. The van der Waals surface area contributed by atoms with Crippen LogP contribution in [0.5, 0.6) is 0 Å². The summed E-state index contributed by atoms with van der Waals surface area (Å²) in [6.07, 6.45) is 0. The van der Waals surface area contributed by atoms with Crippen LogP contribution in [0.4, 0.5) is 0 Å². The summed E-state index contributed by atoms with van der Waals surface area (Å²) in [5, 5.41) is 0. The Morgan fingerprint density at radius 3 is 0.786 bits per heavy atom. The van der Waals surface area contributed by atoms with Gasteiger partial charge in [0.05, 0.1) is 106 Å². The minimum Gasteiger partial charge on any atom is -0.378 e. The fraction of sp³-hybridized carbons (Fsp3) is 1.00. The maximum absolute atomic E-state index is 5.48. The standard InChI is InChI=1S/C18H38ClNO8/c19-1-3-21-5-7-23-9-11-25-13-15-27-17-18-28-16-14-26-12-10-24-8-6-22-4-2-20/h1-18,20H2. The zero-order valence-corrected chi connectivity index (χ0v) is 17.7. The molecule has 0 amide bonds. The molecule has 0 bridgehead atoms. The molecule has 0 radical (unpaired) electrons. The van der Waals surface area contributed by atoms with Crippen molar-refractivity contribution in [2.45, 2.75) is 0 Å². The minimum atomic E-state index is 0.504. The summed E-state index contributed by atoms with van der Waals surface area (Å²) < 4.78 is 42.6. The Hall–Kier alpha value is -0.0700. The average Bonchev–Trinajstić information content (AvgIpc) is 2.71. The second-order valence-electron chi connectivity index (χ2n) is 5.38. The molecule has 0 aliphatic carbocycles. The third-order valence-electron chi connectivity index (χ3n) is 3.09. The number of nitrogens with two attached hydrogens (primary N) is 1. The number of alkyl halides is 1. The van der Waals surface area contributed by atoms with E-state index in [0.717, 1.165) is 0 Å². The van der Waals surface area contributed by atoms with Crippen molar-refractivity contribution >= 4 is 11.6 Å². The molecule has 0 heterocycles. The van der Waals surface area contributed by atoms with E-state index in [-0.39, 0.29) is 0 Å². The maximum atomic E-state index is 5.48. The van der Waals surface area contributed by atoms with Gasteiger partial charge in [-0.3, -0.25) is 0 Å². The molecule has 0 unspecified atom stereocenters. The SMILES string of the molecule is NCCOCCOCCOCCOCCOCCOCCOCCOCCCl. The minimum absolute atomic E-state index is 0.504. The van der Waals surface area contributed by atoms with Gasteiger partial charge in [0.25, 0.3) is 0 Å². The highest BCUT2D eigenvalue weighted by Crippen LogP contribution is 1.86. The average molecular weight is 432 g/mol. The van der Waals surface area contributed by atoms with Gasteiger partial charge in [-0.1, -0.05) is 0 Å². The quantitative estimate of drug-likeness (QED) is 0.162. The summed E-state index contributed by atoms with van der Waals surface area (Å²) in [4.78, 5) is 0. The number of rotatable bonds is 25. The molecule has 10 heteroatoms. The molecule has 0 aliphatic rings. The van der Waals surface area contributed by atoms with Crippen molar-refractivity contribution in [1.29, 1.82) is 0 Å². The molecule has 0 spiro atoms. The van der Waals surface area contributed by atoms with Crippen molar-refractivity contribution in [1.82, 2.24) is 0 Å². The van der Waals surface area contributed by atoms with E-state index in [4.69, 9.17) is 55.2 Å². The van der Waals surface area contributed by atoms with E-state index >= 15 is 0 Å². The third-order valence-corrected chi connectivity index (χ3v) is 3.24. The van der Waals surface area contributed by atoms with Crippen molar-refractivity contribution in [3.8, 4) is 0 Å². The highest BCUT2D eigenvalue weighted by molar-refractivity contribution is 6.17. The lowest BCUT2D eigenvalue weighted by Gasteiger charge is -2.08.